The van der Waals surface area contributed by atoms with Crippen molar-refractivity contribution >= 4 is 17.7 Å². The molecule has 0 bridgehead atoms. The van der Waals surface area contributed by atoms with Crippen LogP contribution in [0.15, 0.2) is 30.3 Å². The summed E-state index contributed by atoms with van der Waals surface area (Å²) in [6.45, 7) is 0.937. The number of methoxy groups -OCH3 is 2. The van der Waals surface area contributed by atoms with E-state index in [1.54, 1.807) is 14.2 Å². The molecule has 14 heteroatoms. The van der Waals surface area contributed by atoms with Crippen LogP contribution in [-0.2, 0) is 10.2 Å². The number of likely N-dealkylation sites (N-methyl/N-ethyl adjacent to an activating group) is 1. The normalized spacial score (nSPS) is 22.4. The molecule has 3 atom stereocenters. The molecule has 2 amide bonds. The van der Waals surface area contributed by atoms with E-state index in [1.165, 1.54) is 5.56 Å². The molecule has 4 rings (SSSR count). The van der Waals surface area contributed by atoms with Gasteiger partial charge in [-0.05, 0) is 57.0 Å². The van der Waals surface area contributed by atoms with Crippen LogP contribution in [0, 0.1) is 17.5 Å². The van der Waals surface area contributed by atoms with E-state index >= 15 is 0 Å². The van der Waals surface area contributed by atoms with Crippen LogP contribution in [0.5, 0.6) is 11.5 Å². The zero-order valence-corrected chi connectivity index (χ0v) is 21.9. The van der Waals surface area contributed by atoms with E-state index in [4.69, 9.17) is 19.4 Å². The summed E-state index contributed by atoms with van der Waals surface area (Å²) in [6.07, 6.45) is -1.75. The van der Waals surface area contributed by atoms with Gasteiger partial charge in [0.05, 0.1) is 14.2 Å². The zero-order valence-electron chi connectivity index (χ0n) is 21.9. The van der Waals surface area contributed by atoms with Gasteiger partial charge in [0.2, 0.25) is 0 Å². The van der Waals surface area contributed by atoms with Gasteiger partial charge in [-0.3, -0.25) is 0 Å². The lowest BCUT2D eigenvalue weighted by molar-refractivity contribution is -0.192. The van der Waals surface area contributed by atoms with Crippen LogP contribution in [0.1, 0.15) is 31.2 Å². The van der Waals surface area contributed by atoms with E-state index in [9.17, 15) is 31.1 Å². The smallest absolute Gasteiger partial charge is 0.490 e. The number of aliphatic carboxylic acids is 1. The van der Waals surface area contributed by atoms with E-state index in [-0.39, 0.29) is 23.2 Å². The Morgan fingerprint density at radius 2 is 1.62 bits per heavy atom. The average Bonchev–Trinajstić information content (AvgIpc) is 3.23. The number of amides is 2. The Hall–Kier alpha value is -3.68. The number of likely N-dealkylation sites (tertiary alicyclic amines) is 1. The highest BCUT2D eigenvalue weighted by Gasteiger charge is 2.50. The van der Waals surface area contributed by atoms with Crippen molar-refractivity contribution < 1.29 is 50.5 Å². The average molecular weight is 578 g/mol. The maximum Gasteiger partial charge on any atom is 0.490 e. The number of rotatable bonds is 5. The number of anilines is 1. The number of urea groups is 1. The molecule has 2 fully saturated rings. The number of ether oxygens (including phenoxy) is 2. The van der Waals surface area contributed by atoms with Crippen LogP contribution in [0.2, 0.25) is 0 Å². The van der Waals surface area contributed by atoms with E-state index < -0.39 is 35.6 Å². The molecular formula is C26H29F6N3O5. The largest absolute Gasteiger partial charge is 0.493 e. The maximum atomic E-state index is 13.4. The number of halogens is 6. The first kappa shape index (κ1) is 30.9. The van der Waals surface area contributed by atoms with Crippen LogP contribution < -0.4 is 20.1 Å². The van der Waals surface area contributed by atoms with Crippen LogP contribution >= 0.6 is 0 Å². The number of fused-ring (bicyclic) bond motifs is 1. The third-order valence-electron chi connectivity index (χ3n) is 7.31. The summed E-state index contributed by atoms with van der Waals surface area (Å²) in [4.78, 5) is 23.7. The second-order valence-corrected chi connectivity index (χ2v) is 9.60. The summed E-state index contributed by atoms with van der Waals surface area (Å²) in [7, 11) is 5.31. The highest BCUT2D eigenvalue weighted by Crippen LogP contribution is 2.49. The number of hydrogen-bond acceptors (Lipinski definition) is 5. The predicted octanol–water partition coefficient (Wildman–Crippen LogP) is 5.07. The van der Waals surface area contributed by atoms with Crippen molar-refractivity contribution in [2.45, 2.75) is 49.4 Å². The van der Waals surface area contributed by atoms with Crippen molar-refractivity contribution in [3.05, 3.63) is 53.3 Å². The number of alkyl halides is 3. The van der Waals surface area contributed by atoms with Crippen molar-refractivity contribution in [1.29, 1.82) is 0 Å². The van der Waals surface area contributed by atoms with Crippen molar-refractivity contribution in [2.24, 2.45) is 0 Å². The molecule has 1 aliphatic carbocycles. The molecule has 0 unspecified atom stereocenters. The van der Waals surface area contributed by atoms with Crippen molar-refractivity contribution in [1.82, 2.24) is 10.2 Å². The topological polar surface area (TPSA) is 100 Å². The van der Waals surface area contributed by atoms with Crippen LogP contribution in [0.4, 0.5) is 36.8 Å². The molecule has 1 heterocycles. The molecule has 2 aromatic carbocycles. The van der Waals surface area contributed by atoms with Gasteiger partial charge in [0.25, 0.3) is 0 Å². The quantitative estimate of drug-likeness (QED) is 0.339. The Kier molecular flexibility index (Phi) is 9.44. The number of hydrogen-bond donors (Lipinski definition) is 3. The van der Waals surface area contributed by atoms with Gasteiger partial charge < -0.3 is 30.1 Å². The summed E-state index contributed by atoms with van der Waals surface area (Å²) in [5, 5.41) is 12.4. The molecule has 0 radical (unpaired) electrons. The highest BCUT2D eigenvalue weighted by atomic mass is 19.4. The first-order valence-electron chi connectivity index (χ1n) is 12.2. The first-order chi connectivity index (χ1) is 18.7. The highest BCUT2D eigenvalue weighted by molar-refractivity contribution is 5.89. The van der Waals surface area contributed by atoms with Crippen molar-refractivity contribution in [2.75, 3.05) is 33.1 Å². The Morgan fingerprint density at radius 1 is 1.02 bits per heavy atom. The van der Waals surface area contributed by atoms with Gasteiger partial charge in [-0.15, -0.1) is 0 Å². The zero-order chi connectivity index (χ0) is 29.8. The maximum absolute atomic E-state index is 13.4. The lowest BCUT2D eigenvalue weighted by Gasteiger charge is -2.45. The number of benzene rings is 2. The SMILES string of the molecule is COc1ccc([C@]23CC[C@H](NC(=O)Nc4cc(F)c(F)c(F)c4)C[C@H]2N(C)CC3)cc1OC.O=C(O)C(F)(F)F. The third kappa shape index (κ3) is 6.72. The fourth-order valence-corrected chi connectivity index (χ4v) is 5.37. The molecule has 2 aromatic rings. The second-order valence-electron chi connectivity index (χ2n) is 9.60. The van der Waals surface area contributed by atoms with Gasteiger partial charge in [-0.25, -0.2) is 22.8 Å². The molecule has 0 aromatic heterocycles. The summed E-state index contributed by atoms with van der Waals surface area (Å²) in [5.74, 6) is -5.65. The molecule has 1 saturated carbocycles. The standard InChI is InChI=1S/C24H28F3N3O3.C2HF3O2/c1-30-9-8-24(14-4-5-19(32-2)20(10-14)33-3)7-6-15(13-21(24)30)28-23(31)29-16-11-17(25)22(27)18(26)12-16;3-2(4,5)1(6)7/h4-5,10-12,15,21H,6-9,13H2,1-3H3,(H2,28,29,31);(H,6,7)/t15-,21+,24+;/m0./s1. The molecule has 1 saturated heterocycles. The Bertz CT molecular complexity index is 1220. The lowest BCUT2D eigenvalue weighted by Crippen LogP contribution is -2.52. The number of nitrogens with zero attached hydrogens (tertiary/aromatic N) is 1. The van der Waals surface area contributed by atoms with E-state index in [2.05, 4.69) is 28.6 Å². The molecule has 40 heavy (non-hydrogen) atoms. The molecule has 220 valence electrons. The van der Waals surface area contributed by atoms with Crippen LogP contribution in [0.3, 0.4) is 0 Å². The fourth-order valence-electron chi connectivity index (χ4n) is 5.37. The number of carbonyl (C=O) groups excluding carboxylic acids is 1. The fraction of sp³-hybridized carbons (Fsp3) is 0.462. The minimum absolute atomic E-state index is 0.0633. The van der Waals surface area contributed by atoms with E-state index in [0.29, 0.717) is 11.5 Å². The van der Waals surface area contributed by atoms with Crippen molar-refractivity contribution in [3.63, 3.8) is 0 Å². The molecule has 2 aliphatic rings. The third-order valence-corrected chi connectivity index (χ3v) is 7.31. The summed E-state index contributed by atoms with van der Waals surface area (Å²) in [5.41, 5.74) is 0.985. The number of nitrogens with one attached hydrogen (secondary N) is 2. The first-order valence-corrected chi connectivity index (χ1v) is 12.2. The van der Waals surface area contributed by atoms with Crippen molar-refractivity contribution in [3.8, 4) is 11.5 Å². The Morgan fingerprint density at radius 3 is 2.17 bits per heavy atom. The van der Waals surface area contributed by atoms with Gasteiger partial charge >= 0.3 is 18.2 Å². The summed E-state index contributed by atoms with van der Waals surface area (Å²) >= 11 is 0. The number of carboxylic acid groups (broad SMARTS) is 1. The Labute approximate surface area is 226 Å². The van der Waals surface area contributed by atoms with Gasteiger partial charge in [0, 0.05) is 35.3 Å². The van der Waals surface area contributed by atoms with Gasteiger partial charge in [-0.1, -0.05) is 6.07 Å². The van der Waals surface area contributed by atoms with Crippen LogP contribution in [0.25, 0.3) is 0 Å². The summed E-state index contributed by atoms with van der Waals surface area (Å²) in [6, 6.07) is 7.09. The van der Waals surface area contributed by atoms with Gasteiger partial charge in [0.1, 0.15) is 0 Å². The van der Waals surface area contributed by atoms with E-state index in [0.717, 1.165) is 44.4 Å². The summed E-state index contributed by atoms with van der Waals surface area (Å²) < 4.78 is 82.7. The van der Waals surface area contributed by atoms with E-state index in [1.807, 2.05) is 12.1 Å². The predicted molar refractivity (Wildman–Crippen MR) is 132 cm³/mol. The molecule has 3 N–H and O–H groups in total. The molecular weight excluding hydrogens is 548 g/mol. The van der Waals surface area contributed by atoms with Crippen LogP contribution in [-0.4, -0.2) is 68.1 Å². The number of carboxylic acids is 1. The molecule has 8 nitrogen and oxygen atoms in total. The Balaban J connectivity index is 0.000000559. The molecule has 1 aliphatic heterocycles. The monoisotopic (exact) mass is 577 g/mol. The lowest BCUT2D eigenvalue weighted by atomic mass is 9.65. The second kappa shape index (κ2) is 12.2. The minimum Gasteiger partial charge on any atom is -0.493 e. The number of carbonyl (C=O) groups is 2. The molecule has 0 spiro atoms. The minimum atomic E-state index is -5.08. The van der Waals surface area contributed by atoms with Gasteiger partial charge in [-0.2, -0.15) is 13.2 Å². The van der Waals surface area contributed by atoms with Gasteiger partial charge in [0.15, 0.2) is 29.0 Å².